The molecule has 2 aliphatic heterocycles. The summed E-state index contributed by atoms with van der Waals surface area (Å²) in [5, 5.41) is 26.5. The number of nitrogens with zero attached hydrogens (tertiary/aromatic N) is 5. The van der Waals surface area contributed by atoms with Gasteiger partial charge in [0.2, 0.25) is 0 Å². The number of carbonyl (C=O) groups excluding carboxylic acids is 1. The number of aliphatic hydroxyl groups is 1. The van der Waals surface area contributed by atoms with E-state index < -0.39 is 37.0 Å². The number of H-pyrrole nitrogens is 1. The van der Waals surface area contributed by atoms with Crippen molar-refractivity contribution in [2.75, 3.05) is 63.7 Å². The first kappa shape index (κ1) is 51.2. The number of hydrogen-bond acceptors (Lipinski definition) is 14. The second-order valence-corrected chi connectivity index (χ2v) is 21.9. The van der Waals surface area contributed by atoms with Crippen LogP contribution in [0.1, 0.15) is 98.3 Å². The third-order valence-corrected chi connectivity index (χ3v) is 16.2. The molecule has 0 bridgehead atoms. The van der Waals surface area contributed by atoms with E-state index in [9.17, 15) is 28.4 Å². The van der Waals surface area contributed by atoms with Gasteiger partial charge in [0.25, 0.3) is 21.6 Å². The van der Waals surface area contributed by atoms with Crippen molar-refractivity contribution in [3.8, 4) is 23.0 Å². The number of pyridine rings is 1. The van der Waals surface area contributed by atoms with E-state index in [-0.39, 0.29) is 29.0 Å². The summed E-state index contributed by atoms with van der Waals surface area (Å²) in [5.41, 5.74) is 4.30. The fourth-order valence-electron chi connectivity index (χ4n) is 10.8. The number of nitrogens with one attached hydrogen (secondary N) is 3. The minimum atomic E-state index is -4.60. The lowest BCUT2D eigenvalue weighted by atomic mass is 9.80. The standard InChI is InChI=1S/C55H66N8O9S/c1-36(2)44-8-6-7-9-45(44)49-35-60(34-38-10-15-50(70-4)52(28-38)71-5)26-27-62(49)40-19-24-61(25-20-40)41-11-13-46(51(30-41)72-42-29-39-18-23-56-53(39)58-33-42)54(64)59-73(68,69)43-12-14-47(48(31-43)63(66)67)57-32-37-16-21-55(3,65)22-17-37/h6-15,18,23,28-31,33,36-37,40,49,57,65H,16-17,19-22,24-27,32,34-35H2,1-5H3,(H,56,58)(H,59,64)/t37?,49-,55?/m0/s1. The Morgan fingerprint density at radius 1 is 0.918 bits per heavy atom. The third-order valence-electron chi connectivity index (χ3n) is 14.9. The van der Waals surface area contributed by atoms with E-state index in [4.69, 9.17) is 14.2 Å². The van der Waals surface area contributed by atoms with Crippen molar-refractivity contribution in [3.63, 3.8) is 0 Å². The molecule has 2 aromatic heterocycles. The quantitative estimate of drug-likeness (QED) is 0.0497. The number of carbonyl (C=O) groups is 1. The highest BCUT2D eigenvalue weighted by atomic mass is 32.2. The lowest BCUT2D eigenvalue weighted by Crippen LogP contribution is -2.54. The number of anilines is 2. The molecule has 0 unspecified atom stereocenters. The molecule has 2 saturated heterocycles. The van der Waals surface area contributed by atoms with Gasteiger partial charge in [0.15, 0.2) is 11.5 Å². The first-order valence-corrected chi connectivity index (χ1v) is 26.7. The largest absolute Gasteiger partial charge is 0.493 e. The Bertz CT molecular complexity index is 3050. The van der Waals surface area contributed by atoms with Crippen LogP contribution in [0.15, 0.2) is 108 Å². The minimum Gasteiger partial charge on any atom is -0.493 e. The number of fused-ring (bicyclic) bond motifs is 1. The summed E-state index contributed by atoms with van der Waals surface area (Å²) in [7, 11) is -1.29. The zero-order chi connectivity index (χ0) is 51.4. The predicted molar refractivity (Wildman–Crippen MR) is 281 cm³/mol. The van der Waals surface area contributed by atoms with Crippen LogP contribution >= 0.6 is 0 Å². The number of piperazine rings is 1. The van der Waals surface area contributed by atoms with Gasteiger partial charge in [0, 0.05) is 87.3 Å². The van der Waals surface area contributed by atoms with Crippen molar-refractivity contribution in [1.82, 2.24) is 24.5 Å². The minimum absolute atomic E-state index is 0.0479. The number of nitro benzene ring substituents is 1. The first-order chi connectivity index (χ1) is 35.1. The summed E-state index contributed by atoms with van der Waals surface area (Å²) in [5.74, 6) is 1.48. The van der Waals surface area contributed by atoms with Crippen LogP contribution in [0.4, 0.5) is 17.1 Å². The van der Waals surface area contributed by atoms with Crippen molar-refractivity contribution in [1.29, 1.82) is 0 Å². The highest BCUT2D eigenvalue weighted by Gasteiger charge is 2.37. The summed E-state index contributed by atoms with van der Waals surface area (Å²) < 4.78 is 47.4. The van der Waals surface area contributed by atoms with E-state index in [1.807, 2.05) is 19.1 Å². The molecule has 1 aliphatic carbocycles. The molecule has 17 nitrogen and oxygen atoms in total. The number of aromatic nitrogens is 2. The summed E-state index contributed by atoms with van der Waals surface area (Å²) in [6.45, 7) is 11.7. The number of rotatable bonds is 17. The molecule has 73 heavy (non-hydrogen) atoms. The Labute approximate surface area is 427 Å². The maximum atomic E-state index is 14.1. The molecule has 3 aliphatic rings. The first-order valence-electron chi connectivity index (χ1n) is 25.2. The fraction of sp³-hybridized carbons (Fsp3) is 0.418. The molecule has 0 spiro atoms. The smallest absolute Gasteiger partial charge is 0.293 e. The number of benzene rings is 4. The van der Waals surface area contributed by atoms with Gasteiger partial charge >= 0.3 is 0 Å². The molecule has 3 fully saturated rings. The van der Waals surface area contributed by atoms with Crippen LogP contribution in [0.25, 0.3) is 11.0 Å². The van der Waals surface area contributed by atoms with E-state index in [2.05, 4.69) is 85.0 Å². The Hall–Kier alpha value is -6.73. The van der Waals surface area contributed by atoms with Crippen LogP contribution in [0.2, 0.25) is 0 Å². The molecule has 4 N–H and O–H groups in total. The number of nitro groups is 1. The van der Waals surface area contributed by atoms with Crippen LogP contribution in [0.5, 0.6) is 23.0 Å². The molecule has 1 saturated carbocycles. The van der Waals surface area contributed by atoms with E-state index in [0.29, 0.717) is 48.5 Å². The molecule has 4 aromatic carbocycles. The van der Waals surface area contributed by atoms with Gasteiger partial charge in [-0.15, -0.1) is 0 Å². The number of hydrogen-bond donors (Lipinski definition) is 4. The molecule has 1 atom stereocenters. The molecule has 386 valence electrons. The second kappa shape index (κ2) is 21.8. The SMILES string of the molecule is COc1ccc(CN2CCN(C3CCN(c4ccc(C(=O)NS(=O)(=O)c5ccc(NCC6CCC(C)(O)CC6)c([N+](=O)[O-])c5)c(Oc5cnc6[nH]ccc6c5)c4)CC3)[C@H](c3ccccc3C(C)C)C2)cc1OC. The van der Waals surface area contributed by atoms with E-state index in [1.165, 1.54) is 29.5 Å². The van der Waals surface area contributed by atoms with Crippen molar-refractivity contribution in [3.05, 3.63) is 136 Å². The van der Waals surface area contributed by atoms with E-state index in [0.717, 1.165) is 93.4 Å². The van der Waals surface area contributed by atoms with Crippen LogP contribution in [-0.4, -0.2) is 109 Å². The predicted octanol–water partition coefficient (Wildman–Crippen LogP) is 9.40. The zero-order valence-corrected chi connectivity index (χ0v) is 43.0. The lowest BCUT2D eigenvalue weighted by molar-refractivity contribution is -0.384. The Morgan fingerprint density at radius 3 is 2.42 bits per heavy atom. The Balaban J connectivity index is 0.927. The molecule has 9 rings (SSSR count). The zero-order valence-electron chi connectivity index (χ0n) is 42.2. The molecule has 1 amide bonds. The second-order valence-electron chi connectivity index (χ2n) is 20.2. The molecular formula is C55H66N8O9S. The van der Waals surface area contributed by atoms with Gasteiger partial charge in [-0.1, -0.05) is 44.2 Å². The van der Waals surface area contributed by atoms with Gasteiger partial charge in [-0.3, -0.25) is 24.7 Å². The summed E-state index contributed by atoms with van der Waals surface area (Å²) in [6.07, 6.45) is 7.85. The molecule has 18 heteroatoms. The van der Waals surface area contributed by atoms with Gasteiger partial charge < -0.3 is 34.5 Å². The Morgan fingerprint density at radius 2 is 1.68 bits per heavy atom. The van der Waals surface area contributed by atoms with Gasteiger partial charge in [-0.05, 0) is 123 Å². The van der Waals surface area contributed by atoms with Crippen LogP contribution in [0, 0.1) is 16.0 Å². The highest BCUT2D eigenvalue weighted by Crippen LogP contribution is 2.39. The summed E-state index contributed by atoms with van der Waals surface area (Å²) in [4.78, 5) is 40.3. The maximum Gasteiger partial charge on any atom is 0.293 e. The maximum absolute atomic E-state index is 14.1. The lowest BCUT2D eigenvalue weighted by Gasteiger charge is -2.48. The van der Waals surface area contributed by atoms with E-state index >= 15 is 0 Å². The van der Waals surface area contributed by atoms with Crippen molar-refractivity contribution < 1.29 is 37.5 Å². The number of amides is 1. The number of piperidine rings is 1. The van der Waals surface area contributed by atoms with Crippen LogP contribution < -0.4 is 29.1 Å². The topological polar surface area (TPSA) is 205 Å². The van der Waals surface area contributed by atoms with Gasteiger partial charge in [0.05, 0.1) is 41.4 Å². The van der Waals surface area contributed by atoms with Gasteiger partial charge in [-0.2, -0.15) is 0 Å². The van der Waals surface area contributed by atoms with Crippen molar-refractivity contribution in [2.24, 2.45) is 5.92 Å². The molecule has 4 heterocycles. The highest BCUT2D eigenvalue weighted by molar-refractivity contribution is 7.90. The van der Waals surface area contributed by atoms with Crippen molar-refractivity contribution in [2.45, 2.75) is 94.3 Å². The molecule has 6 aromatic rings. The monoisotopic (exact) mass is 1010 g/mol. The third kappa shape index (κ3) is 11.7. The average Bonchev–Trinajstić information content (AvgIpc) is 3.86. The number of methoxy groups -OCH3 is 2. The van der Waals surface area contributed by atoms with Gasteiger partial charge in [0.1, 0.15) is 22.8 Å². The number of sulfonamides is 1. The Kier molecular flexibility index (Phi) is 15.3. The normalized spacial score (nSPS) is 20.2. The molecule has 0 radical (unpaired) electrons. The van der Waals surface area contributed by atoms with Crippen molar-refractivity contribution >= 4 is 44.0 Å². The fourth-order valence-corrected chi connectivity index (χ4v) is 11.8. The summed E-state index contributed by atoms with van der Waals surface area (Å²) >= 11 is 0. The average molecular weight is 1020 g/mol. The summed E-state index contributed by atoms with van der Waals surface area (Å²) in [6, 6.07) is 27.7. The molecular weight excluding hydrogens is 949 g/mol. The number of ether oxygens (including phenoxy) is 3. The van der Waals surface area contributed by atoms with Gasteiger partial charge in [-0.25, -0.2) is 18.1 Å². The van der Waals surface area contributed by atoms with Crippen LogP contribution in [0.3, 0.4) is 0 Å². The van der Waals surface area contributed by atoms with E-state index in [1.54, 1.807) is 44.7 Å². The van der Waals surface area contributed by atoms with Crippen LogP contribution in [-0.2, 0) is 16.6 Å². The number of aromatic amines is 1.